The third-order valence-corrected chi connectivity index (χ3v) is 5.57. The van der Waals surface area contributed by atoms with Crippen LogP contribution in [0.2, 0.25) is 0 Å². The highest BCUT2D eigenvalue weighted by Crippen LogP contribution is 2.29. The second-order valence-corrected chi connectivity index (χ2v) is 8.12. The fourth-order valence-electron chi connectivity index (χ4n) is 4.12. The molecule has 2 N–H and O–H groups in total. The lowest BCUT2D eigenvalue weighted by Gasteiger charge is -2.30. The van der Waals surface area contributed by atoms with Crippen LogP contribution in [0.15, 0.2) is 24.5 Å². The van der Waals surface area contributed by atoms with Gasteiger partial charge < -0.3 is 15.2 Å². The maximum absolute atomic E-state index is 13.1. The van der Waals surface area contributed by atoms with Crippen molar-refractivity contribution in [1.82, 2.24) is 30.0 Å². The van der Waals surface area contributed by atoms with E-state index >= 15 is 0 Å². The molecule has 3 heterocycles. The Kier molecular flexibility index (Phi) is 4.83. The monoisotopic (exact) mass is 380 g/mol. The molecule has 3 aromatic rings. The third-order valence-electron chi connectivity index (χ3n) is 5.57. The average molecular weight is 380 g/mol. The Labute approximate surface area is 165 Å². The minimum Gasteiger partial charge on any atom is -0.358 e. The quantitative estimate of drug-likeness (QED) is 0.727. The molecule has 1 aliphatic rings. The van der Waals surface area contributed by atoms with Gasteiger partial charge in [0.25, 0.3) is 0 Å². The molecule has 1 aromatic carbocycles. The van der Waals surface area contributed by atoms with Crippen LogP contribution in [-0.4, -0.2) is 37.2 Å². The summed E-state index contributed by atoms with van der Waals surface area (Å²) in [6.45, 7) is 7.75. The molecular formula is C21H28N6O. The minimum atomic E-state index is -0.147. The number of benzene rings is 1. The highest BCUT2D eigenvalue weighted by Gasteiger charge is 2.27. The van der Waals surface area contributed by atoms with Crippen molar-refractivity contribution >= 4 is 16.9 Å². The predicted molar refractivity (Wildman–Crippen MR) is 109 cm³/mol. The Balaban J connectivity index is 1.55. The molecule has 0 aliphatic carbocycles. The summed E-state index contributed by atoms with van der Waals surface area (Å²) in [6.07, 6.45) is 3.20. The number of rotatable bonds is 4. The van der Waals surface area contributed by atoms with Gasteiger partial charge in [-0.25, -0.2) is 9.78 Å². The van der Waals surface area contributed by atoms with Gasteiger partial charge in [0.15, 0.2) is 0 Å². The molecule has 7 heteroatoms. The third kappa shape index (κ3) is 3.37. The van der Waals surface area contributed by atoms with Gasteiger partial charge in [0.2, 0.25) is 0 Å². The fraction of sp³-hybridized carbons (Fsp3) is 0.476. The van der Waals surface area contributed by atoms with Crippen molar-refractivity contribution in [2.45, 2.75) is 46.2 Å². The number of para-hydroxylation sites is 1. The summed E-state index contributed by atoms with van der Waals surface area (Å²) < 4.78 is 1.74. The number of carbonyl (C=O) groups is 1. The van der Waals surface area contributed by atoms with Crippen molar-refractivity contribution in [3.63, 3.8) is 0 Å². The first kappa shape index (κ1) is 18.5. The van der Waals surface area contributed by atoms with Crippen molar-refractivity contribution in [1.29, 1.82) is 0 Å². The zero-order valence-corrected chi connectivity index (χ0v) is 17.0. The van der Waals surface area contributed by atoms with Gasteiger partial charge in [-0.1, -0.05) is 32.0 Å². The van der Waals surface area contributed by atoms with Crippen LogP contribution in [0, 0.1) is 12.8 Å². The van der Waals surface area contributed by atoms with E-state index in [0.29, 0.717) is 19.0 Å². The van der Waals surface area contributed by atoms with Crippen molar-refractivity contribution < 1.29 is 4.79 Å². The summed E-state index contributed by atoms with van der Waals surface area (Å²) in [6, 6.07) is 6.15. The first-order valence-electron chi connectivity index (χ1n) is 9.92. The highest BCUT2D eigenvalue weighted by molar-refractivity contribution is 5.88. The van der Waals surface area contributed by atoms with Crippen molar-refractivity contribution in [2.24, 2.45) is 13.0 Å². The van der Waals surface area contributed by atoms with E-state index in [-0.39, 0.29) is 12.1 Å². The van der Waals surface area contributed by atoms with E-state index in [4.69, 9.17) is 0 Å². The number of nitrogens with zero attached hydrogens (tertiary/aromatic N) is 4. The second-order valence-electron chi connectivity index (χ2n) is 8.12. The number of aromatic amines is 1. The van der Waals surface area contributed by atoms with E-state index in [1.54, 1.807) is 4.68 Å². The van der Waals surface area contributed by atoms with E-state index in [0.717, 1.165) is 18.7 Å². The molecule has 0 saturated heterocycles. The number of carbonyl (C=O) groups excluding carboxylic acids is 1. The lowest BCUT2D eigenvalue weighted by Crippen LogP contribution is -2.44. The largest absolute Gasteiger partial charge is 0.358 e. The van der Waals surface area contributed by atoms with Crippen LogP contribution in [0.25, 0.3) is 10.9 Å². The molecule has 28 heavy (non-hydrogen) atoms. The number of hydrogen-bond donors (Lipinski definition) is 2. The average Bonchev–Trinajstić information content (AvgIpc) is 3.24. The van der Waals surface area contributed by atoms with Crippen LogP contribution in [0.4, 0.5) is 4.79 Å². The van der Waals surface area contributed by atoms with Gasteiger partial charge in [0.05, 0.1) is 6.04 Å². The molecule has 0 saturated carbocycles. The molecule has 148 valence electrons. The van der Waals surface area contributed by atoms with Crippen LogP contribution in [0.1, 0.15) is 49.0 Å². The predicted octanol–water partition coefficient (Wildman–Crippen LogP) is 3.46. The number of aromatic nitrogens is 4. The number of urea groups is 1. The normalized spacial score (nSPS) is 15.1. The first-order valence-corrected chi connectivity index (χ1v) is 9.92. The van der Waals surface area contributed by atoms with Gasteiger partial charge in [-0.2, -0.15) is 5.10 Å². The van der Waals surface area contributed by atoms with Crippen LogP contribution < -0.4 is 5.32 Å². The SMILES string of the molecule is Cc1cccc2c3c([nH]c12)CCN(C(=O)NC(CC(C)C)c1ncnn1C)C3. The molecule has 1 unspecified atom stereocenters. The number of nitrogens with one attached hydrogen (secondary N) is 2. The zero-order valence-electron chi connectivity index (χ0n) is 17.0. The smallest absolute Gasteiger partial charge is 0.318 e. The molecule has 4 rings (SSSR count). The van der Waals surface area contributed by atoms with E-state index in [9.17, 15) is 4.79 Å². The van der Waals surface area contributed by atoms with E-state index < -0.39 is 0 Å². The maximum Gasteiger partial charge on any atom is 0.318 e. The van der Waals surface area contributed by atoms with Gasteiger partial charge in [0, 0.05) is 48.7 Å². The molecule has 7 nitrogen and oxygen atoms in total. The number of amides is 2. The Morgan fingerprint density at radius 1 is 1.36 bits per heavy atom. The van der Waals surface area contributed by atoms with Gasteiger partial charge >= 0.3 is 6.03 Å². The summed E-state index contributed by atoms with van der Waals surface area (Å²) in [5, 5.41) is 8.59. The number of aryl methyl sites for hydroxylation is 2. The van der Waals surface area contributed by atoms with Crippen molar-refractivity contribution in [3.05, 3.63) is 47.2 Å². The standard InChI is InChI=1S/C21H28N6O/c1-13(2)10-18(20-22-12-23-26(20)4)25-21(28)27-9-8-17-16(11-27)15-7-5-6-14(3)19(15)24-17/h5-7,12-13,18,24H,8-11H2,1-4H3,(H,25,28). The Morgan fingerprint density at radius 2 is 2.18 bits per heavy atom. The Bertz CT molecular complexity index is 1000. The zero-order chi connectivity index (χ0) is 19.8. The molecule has 0 bridgehead atoms. The van der Waals surface area contributed by atoms with Gasteiger partial charge in [-0.3, -0.25) is 4.68 Å². The van der Waals surface area contributed by atoms with Crippen LogP contribution >= 0.6 is 0 Å². The van der Waals surface area contributed by atoms with Gasteiger partial charge in [0.1, 0.15) is 12.2 Å². The number of H-pyrrole nitrogens is 1. The highest BCUT2D eigenvalue weighted by atomic mass is 16.2. The topological polar surface area (TPSA) is 78.8 Å². The van der Waals surface area contributed by atoms with Crippen LogP contribution in [-0.2, 0) is 20.0 Å². The Hall–Kier alpha value is -2.83. The molecule has 1 aliphatic heterocycles. The van der Waals surface area contributed by atoms with Crippen LogP contribution in [0.3, 0.4) is 0 Å². The number of fused-ring (bicyclic) bond motifs is 3. The maximum atomic E-state index is 13.1. The van der Waals surface area contributed by atoms with Gasteiger partial charge in [-0.15, -0.1) is 0 Å². The van der Waals surface area contributed by atoms with Gasteiger partial charge in [-0.05, 0) is 24.8 Å². The summed E-state index contributed by atoms with van der Waals surface area (Å²) in [5.74, 6) is 1.23. The second kappa shape index (κ2) is 7.30. The van der Waals surface area contributed by atoms with E-state index in [1.807, 2.05) is 11.9 Å². The number of hydrogen-bond acceptors (Lipinski definition) is 3. The summed E-state index contributed by atoms with van der Waals surface area (Å²) in [7, 11) is 1.86. The lowest BCUT2D eigenvalue weighted by molar-refractivity contribution is 0.185. The fourth-order valence-corrected chi connectivity index (χ4v) is 4.12. The van der Waals surface area contributed by atoms with Crippen LogP contribution in [0.5, 0.6) is 0 Å². The molecule has 1 atom stereocenters. The molecule has 2 amide bonds. The summed E-state index contributed by atoms with van der Waals surface area (Å²) >= 11 is 0. The van der Waals surface area contributed by atoms with E-state index in [1.165, 1.54) is 34.1 Å². The van der Waals surface area contributed by atoms with E-state index in [2.05, 4.69) is 59.4 Å². The molecule has 2 aromatic heterocycles. The molecule has 0 spiro atoms. The first-order chi connectivity index (χ1) is 13.4. The van der Waals surface area contributed by atoms with Crippen molar-refractivity contribution in [3.8, 4) is 0 Å². The minimum absolute atomic E-state index is 0.0405. The summed E-state index contributed by atoms with van der Waals surface area (Å²) in [5.41, 5.74) is 4.91. The van der Waals surface area contributed by atoms with Crippen molar-refractivity contribution in [2.75, 3.05) is 6.54 Å². The summed E-state index contributed by atoms with van der Waals surface area (Å²) in [4.78, 5) is 22.9. The molecular weight excluding hydrogens is 352 g/mol. The molecule has 0 fully saturated rings. The Morgan fingerprint density at radius 3 is 2.89 bits per heavy atom. The molecule has 0 radical (unpaired) electrons. The lowest BCUT2D eigenvalue weighted by atomic mass is 10.0.